The number of benzene rings is 1. The van der Waals surface area contributed by atoms with Crippen LogP contribution in [0, 0.1) is 11.7 Å². The molecule has 0 unspecified atom stereocenters. The van der Waals surface area contributed by atoms with Gasteiger partial charge >= 0.3 is 6.18 Å². The normalized spacial score (nSPS) is 22.9. The van der Waals surface area contributed by atoms with Gasteiger partial charge < -0.3 is 5.32 Å². The maximum Gasteiger partial charge on any atom is 0.393 e. The first kappa shape index (κ1) is 16.3. The van der Waals surface area contributed by atoms with Gasteiger partial charge in [0, 0.05) is 10.5 Å². The van der Waals surface area contributed by atoms with E-state index in [1.807, 2.05) is 0 Å². The first-order valence-corrected chi connectivity index (χ1v) is 7.41. The van der Waals surface area contributed by atoms with Crippen LogP contribution in [0.1, 0.15) is 36.0 Å². The Hall–Kier alpha value is -1.11. The lowest BCUT2D eigenvalue weighted by atomic mass is 9.84. The van der Waals surface area contributed by atoms with Gasteiger partial charge in [-0.1, -0.05) is 12.8 Å². The standard InChI is InChI=1S/C14H14BrF4NO/c15-11-7-8(16)5-6-9(11)13(21)20-12-4-2-1-3-10(12)14(17,18)19/h5-7,10,12H,1-4H2,(H,20,21)/t10-,12-/m0/s1. The van der Waals surface area contributed by atoms with E-state index in [1.54, 1.807) is 0 Å². The summed E-state index contributed by atoms with van der Waals surface area (Å²) in [6.07, 6.45) is -2.83. The quantitative estimate of drug-likeness (QED) is 0.769. The minimum atomic E-state index is -4.32. The highest BCUT2D eigenvalue weighted by molar-refractivity contribution is 9.10. The molecule has 2 rings (SSSR count). The minimum absolute atomic E-state index is 0.0268. The molecule has 0 aliphatic heterocycles. The van der Waals surface area contributed by atoms with E-state index in [-0.39, 0.29) is 16.5 Å². The van der Waals surface area contributed by atoms with E-state index in [9.17, 15) is 22.4 Å². The van der Waals surface area contributed by atoms with E-state index in [4.69, 9.17) is 0 Å². The van der Waals surface area contributed by atoms with Crippen LogP contribution >= 0.6 is 15.9 Å². The molecular weight excluding hydrogens is 354 g/mol. The number of carbonyl (C=O) groups excluding carboxylic acids is 1. The first-order chi connectivity index (χ1) is 9.79. The van der Waals surface area contributed by atoms with E-state index in [2.05, 4.69) is 21.2 Å². The van der Waals surface area contributed by atoms with Gasteiger partial charge in [0.2, 0.25) is 0 Å². The molecule has 116 valence electrons. The number of carbonyl (C=O) groups is 1. The maximum absolute atomic E-state index is 13.0. The topological polar surface area (TPSA) is 29.1 Å². The Morgan fingerprint density at radius 2 is 1.90 bits per heavy atom. The average Bonchev–Trinajstić information content (AvgIpc) is 2.37. The predicted octanol–water partition coefficient (Wildman–Crippen LogP) is 4.44. The Bertz CT molecular complexity index is 532. The van der Waals surface area contributed by atoms with Crippen molar-refractivity contribution in [2.75, 3.05) is 0 Å². The summed E-state index contributed by atoms with van der Waals surface area (Å²) in [6.45, 7) is 0. The summed E-state index contributed by atoms with van der Waals surface area (Å²) in [7, 11) is 0. The van der Waals surface area contributed by atoms with Crippen LogP contribution < -0.4 is 5.32 Å². The molecule has 1 aromatic carbocycles. The molecule has 0 saturated heterocycles. The van der Waals surface area contributed by atoms with Gasteiger partial charge in [-0.25, -0.2) is 4.39 Å². The smallest absolute Gasteiger partial charge is 0.349 e. The van der Waals surface area contributed by atoms with E-state index < -0.39 is 29.9 Å². The number of amides is 1. The van der Waals surface area contributed by atoms with Crippen LogP contribution in [0.3, 0.4) is 0 Å². The highest BCUT2D eigenvalue weighted by Gasteiger charge is 2.46. The average molecular weight is 368 g/mol. The van der Waals surface area contributed by atoms with Crippen LogP contribution in [0.4, 0.5) is 17.6 Å². The Morgan fingerprint density at radius 1 is 1.24 bits per heavy atom. The lowest BCUT2D eigenvalue weighted by Crippen LogP contribution is -2.47. The van der Waals surface area contributed by atoms with Crippen LogP contribution in [-0.2, 0) is 0 Å². The third-order valence-corrected chi connectivity index (χ3v) is 4.33. The van der Waals surface area contributed by atoms with Gasteiger partial charge in [0.1, 0.15) is 5.82 Å². The minimum Gasteiger partial charge on any atom is -0.349 e. The van der Waals surface area contributed by atoms with E-state index in [0.29, 0.717) is 19.3 Å². The van der Waals surface area contributed by atoms with Gasteiger partial charge in [-0.3, -0.25) is 4.79 Å². The fraction of sp³-hybridized carbons (Fsp3) is 0.500. The van der Waals surface area contributed by atoms with Crippen molar-refractivity contribution in [1.29, 1.82) is 0 Å². The zero-order valence-electron chi connectivity index (χ0n) is 11.0. The maximum atomic E-state index is 13.0. The molecule has 0 heterocycles. The molecule has 2 nitrogen and oxygen atoms in total. The van der Waals surface area contributed by atoms with Crippen molar-refractivity contribution in [2.45, 2.75) is 37.9 Å². The molecule has 0 aromatic heterocycles. The van der Waals surface area contributed by atoms with Gasteiger partial charge in [0.25, 0.3) is 5.91 Å². The molecule has 7 heteroatoms. The van der Waals surface area contributed by atoms with Crippen molar-refractivity contribution in [3.05, 3.63) is 34.1 Å². The highest BCUT2D eigenvalue weighted by Crippen LogP contribution is 2.37. The summed E-state index contributed by atoms with van der Waals surface area (Å²) in [5, 5.41) is 2.44. The first-order valence-electron chi connectivity index (χ1n) is 6.61. The number of hydrogen-bond donors (Lipinski definition) is 1. The third-order valence-electron chi connectivity index (χ3n) is 3.68. The van der Waals surface area contributed by atoms with Crippen molar-refractivity contribution in [3.8, 4) is 0 Å². The number of alkyl halides is 3. The Morgan fingerprint density at radius 3 is 2.52 bits per heavy atom. The van der Waals surface area contributed by atoms with Crippen LogP contribution in [-0.4, -0.2) is 18.1 Å². The van der Waals surface area contributed by atoms with Crippen molar-refractivity contribution in [1.82, 2.24) is 5.32 Å². The van der Waals surface area contributed by atoms with Crippen molar-refractivity contribution < 1.29 is 22.4 Å². The molecule has 1 aromatic rings. The predicted molar refractivity (Wildman–Crippen MR) is 73.4 cm³/mol. The third kappa shape index (κ3) is 3.96. The largest absolute Gasteiger partial charge is 0.393 e. The molecule has 21 heavy (non-hydrogen) atoms. The molecule has 1 N–H and O–H groups in total. The number of hydrogen-bond acceptors (Lipinski definition) is 1. The Kier molecular flexibility index (Phi) is 4.91. The second-order valence-corrected chi connectivity index (χ2v) is 5.99. The van der Waals surface area contributed by atoms with Crippen molar-refractivity contribution in [2.24, 2.45) is 5.92 Å². The van der Waals surface area contributed by atoms with E-state index in [0.717, 1.165) is 12.1 Å². The van der Waals surface area contributed by atoms with Crippen molar-refractivity contribution >= 4 is 21.8 Å². The fourth-order valence-corrected chi connectivity index (χ4v) is 3.15. The van der Waals surface area contributed by atoms with Gasteiger partial charge in [-0.15, -0.1) is 0 Å². The molecule has 1 aliphatic rings. The lowest BCUT2D eigenvalue weighted by molar-refractivity contribution is -0.187. The summed E-state index contributed by atoms with van der Waals surface area (Å²) in [6, 6.07) is 2.53. The van der Waals surface area contributed by atoms with Gasteiger partial charge in [0.15, 0.2) is 0 Å². The molecule has 1 aliphatic carbocycles. The molecule has 1 amide bonds. The SMILES string of the molecule is O=C(N[C@H]1CCCC[C@@H]1C(F)(F)F)c1ccc(F)cc1Br. The van der Waals surface area contributed by atoms with Gasteiger partial charge in [-0.2, -0.15) is 13.2 Å². The van der Waals surface area contributed by atoms with Crippen molar-refractivity contribution in [3.63, 3.8) is 0 Å². The van der Waals surface area contributed by atoms with E-state index >= 15 is 0 Å². The summed E-state index contributed by atoms with van der Waals surface area (Å²) in [5.74, 6) is -2.67. The highest BCUT2D eigenvalue weighted by atomic mass is 79.9. The van der Waals surface area contributed by atoms with E-state index in [1.165, 1.54) is 6.07 Å². The molecule has 1 saturated carbocycles. The zero-order chi connectivity index (χ0) is 15.6. The second kappa shape index (κ2) is 6.34. The summed E-state index contributed by atoms with van der Waals surface area (Å²) >= 11 is 3.04. The van der Waals surface area contributed by atoms with Gasteiger partial charge in [-0.05, 0) is 47.0 Å². The van der Waals surface area contributed by atoms with Crippen LogP contribution in [0.2, 0.25) is 0 Å². The summed E-state index contributed by atoms with van der Waals surface area (Å²) in [4.78, 5) is 12.1. The summed E-state index contributed by atoms with van der Waals surface area (Å²) in [5.41, 5.74) is 0.128. The van der Waals surface area contributed by atoms with Crippen LogP contribution in [0.25, 0.3) is 0 Å². The lowest BCUT2D eigenvalue weighted by Gasteiger charge is -2.33. The monoisotopic (exact) mass is 367 g/mol. The van der Waals surface area contributed by atoms with Gasteiger partial charge in [0.05, 0.1) is 11.5 Å². The molecule has 0 spiro atoms. The Balaban J connectivity index is 2.13. The van der Waals surface area contributed by atoms with Crippen LogP contribution in [0.15, 0.2) is 22.7 Å². The molecular formula is C14H14BrF4NO. The molecule has 2 atom stereocenters. The number of nitrogens with one attached hydrogen (secondary N) is 1. The number of halogens is 5. The second-order valence-electron chi connectivity index (χ2n) is 5.14. The molecule has 0 radical (unpaired) electrons. The number of rotatable bonds is 2. The Labute approximate surface area is 128 Å². The summed E-state index contributed by atoms with van der Waals surface area (Å²) < 4.78 is 52.1. The zero-order valence-corrected chi connectivity index (χ0v) is 12.6. The molecule has 1 fully saturated rings. The van der Waals surface area contributed by atoms with Crippen LogP contribution in [0.5, 0.6) is 0 Å². The molecule has 0 bridgehead atoms. The fourth-order valence-electron chi connectivity index (χ4n) is 2.62.